The summed E-state index contributed by atoms with van der Waals surface area (Å²) >= 11 is 0. The van der Waals surface area contributed by atoms with E-state index >= 15 is 0 Å². The van der Waals surface area contributed by atoms with Crippen LogP contribution >= 0.6 is 0 Å². The zero-order chi connectivity index (χ0) is 14.7. The van der Waals surface area contributed by atoms with Crippen molar-refractivity contribution in [3.8, 4) is 0 Å². The Hall–Kier alpha value is -1.13. The van der Waals surface area contributed by atoms with Crippen LogP contribution in [-0.4, -0.2) is 48.6 Å². The average molecular weight is 276 g/mol. The van der Waals surface area contributed by atoms with E-state index in [0.717, 1.165) is 37.7 Å². The van der Waals surface area contributed by atoms with E-state index in [1.54, 1.807) is 0 Å². The summed E-state index contributed by atoms with van der Waals surface area (Å²) in [6, 6.07) is 5.45. The van der Waals surface area contributed by atoms with Crippen molar-refractivity contribution >= 4 is 5.82 Å². The fraction of sp³-hybridized carbons (Fsp3) is 0.688. The number of likely N-dealkylation sites (N-methyl/N-ethyl adjacent to an activating group) is 1. The Balaban J connectivity index is 2.14. The van der Waals surface area contributed by atoms with Crippen LogP contribution in [-0.2, 0) is 6.54 Å². The molecule has 1 aliphatic rings. The second-order valence-electron chi connectivity index (χ2n) is 6.32. The van der Waals surface area contributed by atoms with Crippen molar-refractivity contribution in [3.05, 3.63) is 23.4 Å². The molecule has 2 rings (SSSR count). The molecule has 1 N–H and O–H groups in total. The Morgan fingerprint density at radius 1 is 1.35 bits per heavy atom. The molecule has 1 unspecified atom stereocenters. The van der Waals surface area contributed by atoms with E-state index in [-0.39, 0.29) is 0 Å². The quantitative estimate of drug-likeness (QED) is 0.912. The molecule has 0 aromatic carbocycles. The second kappa shape index (κ2) is 6.55. The van der Waals surface area contributed by atoms with Crippen LogP contribution in [0.25, 0.3) is 0 Å². The van der Waals surface area contributed by atoms with Gasteiger partial charge in [-0.15, -0.1) is 0 Å². The van der Waals surface area contributed by atoms with Crippen molar-refractivity contribution in [2.75, 3.05) is 31.6 Å². The third-order valence-corrected chi connectivity index (χ3v) is 3.84. The lowest BCUT2D eigenvalue weighted by atomic mass is 10.1. The Labute approximate surface area is 123 Å². The molecule has 0 radical (unpaired) electrons. The molecule has 1 aromatic rings. The highest BCUT2D eigenvalue weighted by molar-refractivity contribution is 5.44. The molecular formula is C16H28N4. The van der Waals surface area contributed by atoms with Crippen LogP contribution in [0.5, 0.6) is 0 Å². The van der Waals surface area contributed by atoms with Gasteiger partial charge in [-0.25, -0.2) is 4.98 Å². The molecule has 0 bridgehead atoms. The zero-order valence-corrected chi connectivity index (χ0v) is 13.5. The van der Waals surface area contributed by atoms with Gasteiger partial charge < -0.3 is 15.1 Å². The Kier molecular flexibility index (Phi) is 5.00. The Bertz CT molecular complexity index is 444. The van der Waals surface area contributed by atoms with E-state index in [1.165, 1.54) is 5.56 Å². The van der Waals surface area contributed by atoms with Gasteiger partial charge >= 0.3 is 0 Å². The summed E-state index contributed by atoms with van der Waals surface area (Å²) in [5.41, 5.74) is 2.43. The van der Waals surface area contributed by atoms with Crippen LogP contribution in [0, 0.1) is 6.92 Å². The van der Waals surface area contributed by atoms with Crippen LogP contribution in [0.4, 0.5) is 5.82 Å². The molecule has 0 saturated carbocycles. The lowest BCUT2D eigenvalue weighted by Crippen LogP contribution is -2.50. The van der Waals surface area contributed by atoms with Gasteiger partial charge in [-0.05, 0) is 38.6 Å². The van der Waals surface area contributed by atoms with Crippen LogP contribution in [0.2, 0.25) is 0 Å². The van der Waals surface area contributed by atoms with Crippen molar-refractivity contribution < 1.29 is 0 Å². The smallest absolute Gasteiger partial charge is 0.129 e. The maximum atomic E-state index is 4.74. The molecule has 1 saturated heterocycles. The van der Waals surface area contributed by atoms with Gasteiger partial charge in [0, 0.05) is 44.0 Å². The molecule has 4 nitrogen and oxygen atoms in total. The first-order valence-corrected chi connectivity index (χ1v) is 7.62. The first kappa shape index (κ1) is 15.3. The number of rotatable bonds is 4. The Morgan fingerprint density at radius 2 is 2.10 bits per heavy atom. The van der Waals surface area contributed by atoms with Gasteiger partial charge in [-0.2, -0.15) is 0 Å². The van der Waals surface area contributed by atoms with E-state index in [0.29, 0.717) is 12.1 Å². The number of piperazine rings is 1. The van der Waals surface area contributed by atoms with Crippen molar-refractivity contribution in [1.29, 1.82) is 0 Å². The molecule has 0 spiro atoms. The van der Waals surface area contributed by atoms with E-state index in [2.05, 4.69) is 62.0 Å². The number of hydrogen-bond acceptors (Lipinski definition) is 4. The molecule has 2 heterocycles. The molecule has 1 fully saturated rings. The minimum atomic E-state index is 0.509. The first-order chi connectivity index (χ1) is 9.45. The highest BCUT2D eigenvalue weighted by Gasteiger charge is 2.22. The standard InChI is InChI=1S/C16H28N4/c1-12(2)17-10-15-8-13(3)18-16(9-15)20-7-6-19(5)11-14(20)4/h8-9,12,14,17H,6-7,10-11H2,1-5H3. The fourth-order valence-electron chi connectivity index (χ4n) is 2.77. The average Bonchev–Trinajstić information content (AvgIpc) is 2.35. The Morgan fingerprint density at radius 3 is 2.75 bits per heavy atom. The minimum Gasteiger partial charge on any atom is -0.351 e. The van der Waals surface area contributed by atoms with E-state index in [1.807, 2.05) is 0 Å². The molecule has 112 valence electrons. The third-order valence-electron chi connectivity index (χ3n) is 3.84. The highest BCUT2D eigenvalue weighted by atomic mass is 15.3. The predicted octanol–water partition coefficient (Wildman–Crippen LogP) is 2.03. The number of nitrogens with zero attached hydrogens (tertiary/aromatic N) is 3. The summed E-state index contributed by atoms with van der Waals surface area (Å²) in [6.45, 7) is 12.9. The first-order valence-electron chi connectivity index (χ1n) is 7.62. The SMILES string of the molecule is Cc1cc(CNC(C)C)cc(N2CCN(C)CC2C)n1. The molecular weight excluding hydrogens is 248 g/mol. The number of nitrogens with one attached hydrogen (secondary N) is 1. The predicted molar refractivity (Wildman–Crippen MR) is 85.3 cm³/mol. The summed E-state index contributed by atoms with van der Waals surface area (Å²) in [5, 5.41) is 3.48. The van der Waals surface area contributed by atoms with E-state index < -0.39 is 0 Å². The fourth-order valence-corrected chi connectivity index (χ4v) is 2.77. The molecule has 1 aliphatic heterocycles. The second-order valence-corrected chi connectivity index (χ2v) is 6.32. The number of anilines is 1. The van der Waals surface area contributed by atoms with Gasteiger partial charge in [0.2, 0.25) is 0 Å². The maximum Gasteiger partial charge on any atom is 0.129 e. The lowest BCUT2D eigenvalue weighted by molar-refractivity contribution is 0.274. The largest absolute Gasteiger partial charge is 0.351 e. The summed E-state index contributed by atoms with van der Waals surface area (Å²) in [6.07, 6.45) is 0. The van der Waals surface area contributed by atoms with Gasteiger partial charge in [0.25, 0.3) is 0 Å². The van der Waals surface area contributed by atoms with Gasteiger partial charge in [-0.1, -0.05) is 13.8 Å². The highest BCUT2D eigenvalue weighted by Crippen LogP contribution is 2.20. The summed E-state index contributed by atoms with van der Waals surface area (Å²) in [5.74, 6) is 1.13. The van der Waals surface area contributed by atoms with Crippen LogP contribution in [0.3, 0.4) is 0 Å². The van der Waals surface area contributed by atoms with Crippen molar-refractivity contribution in [2.45, 2.75) is 46.3 Å². The molecule has 0 amide bonds. The molecule has 1 aromatic heterocycles. The minimum absolute atomic E-state index is 0.509. The maximum absolute atomic E-state index is 4.74. The van der Waals surface area contributed by atoms with Crippen molar-refractivity contribution in [2.24, 2.45) is 0 Å². The van der Waals surface area contributed by atoms with Gasteiger partial charge in [0.15, 0.2) is 0 Å². The van der Waals surface area contributed by atoms with Gasteiger partial charge in [-0.3, -0.25) is 0 Å². The van der Waals surface area contributed by atoms with Gasteiger partial charge in [0.1, 0.15) is 5.82 Å². The number of aromatic nitrogens is 1. The van der Waals surface area contributed by atoms with Crippen LogP contribution < -0.4 is 10.2 Å². The van der Waals surface area contributed by atoms with Crippen LogP contribution in [0.1, 0.15) is 32.0 Å². The summed E-state index contributed by atoms with van der Waals surface area (Å²) in [4.78, 5) is 9.56. The summed E-state index contributed by atoms with van der Waals surface area (Å²) in [7, 11) is 2.19. The lowest BCUT2D eigenvalue weighted by Gasteiger charge is -2.39. The zero-order valence-electron chi connectivity index (χ0n) is 13.5. The number of hydrogen-bond donors (Lipinski definition) is 1. The van der Waals surface area contributed by atoms with Gasteiger partial charge in [0.05, 0.1) is 0 Å². The van der Waals surface area contributed by atoms with Crippen LogP contribution in [0.15, 0.2) is 12.1 Å². The van der Waals surface area contributed by atoms with E-state index in [4.69, 9.17) is 4.98 Å². The molecule has 0 aliphatic carbocycles. The molecule has 4 heteroatoms. The van der Waals surface area contributed by atoms with Crippen molar-refractivity contribution in [1.82, 2.24) is 15.2 Å². The summed E-state index contributed by atoms with van der Waals surface area (Å²) < 4.78 is 0. The number of aryl methyl sites for hydroxylation is 1. The molecule has 20 heavy (non-hydrogen) atoms. The monoisotopic (exact) mass is 276 g/mol. The third kappa shape index (κ3) is 3.93. The molecule has 1 atom stereocenters. The van der Waals surface area contributed by atoms with E-state index in [9.17, 15) is 0 Å². The number of pyridine rings is 1. The van der Waals surface area contributed by atoms with Crippen molar-refractivity contribution in [3.63, 3.8) is 0 Å². The normalized spacial score (nSPS) is 20.7. The topological polar surface area (TPSA) is 31.4 Å².